The van der Waals surface area contributed by atoms with Gasteiger partial charge in [0, 0.05) is 54.6 Å². The number of morpholine rings is 1. The first-order chi connectivity index (χ1) is 15.4. The summed E-state index contributed by atoms with van der Waals surface area (Å²) in [5.74, 6) is 1.02. The van der Waals surface area contributed by atoms with Crippen LogP contribution >= 0.6 is 0 Å². The number of aromatic amines is 1. The van der Waals surface area contributed by atoms with Crippen LogP contribution in [-0.4, -0.2) is 51.0 Å². The Morgan fingerprint density at radius 1 is 1.00 bits per heavy atom. The first-order valence-electron chi connectivity index (χ1n) is 10.5. The number of hydrogen-bond acceptors (Lipinski definition) is 5. The number of fused-ring (bicyclic) bond motifs is 2. The van der Waals surface area contributed by atoms with Crippen molar-refractivity contribution >= 4 is 27.6 Å². The zero-order valence-electron chi connectivity index (χ0n) is 17.0. The van der Waals surface area contributed by atoms with Crippen LogP contribution in [0.3, 0.4) is 0 Å². The number of nitrogens with one attached hydrogen (secondary N) is 1. The van der Waals surface area contributed by atoms with Crippen molar-refractivity contribution in [2.75, 3.05) is 31.2 Å². The maximum absolute atomic E-state index is 5.59. The van der Waals surface area contributed by atoms with E-state index < -0.39 is 0 Å². The number of aromatic nitrogens is 5. The van der Waals surface area contributed by atoms with Gasteiger partial charge in [0.05, 0.1) is 36.1 Å². The Bertz CT molecular complexity index is 1350. The molecule has 6 rings (SSSR count). The molecule has 0 atom stereocenters. The number of anilines is 1. The Morgan fingerprint density at radius 3 is 2.74 bits per heavy atom. The molecule has 0 amide bonds. The average molecular weight is 410 g/mol. The van der Waals surface area contributed by atoms with E-state index in [1.165, 1.54) is 16.5 Å². The van der Waals surface area contributed by atoms with Crippen LogP contribution in [0.1, 0.15) is 5.56 Å². The zero-order valence-corrected chi connectivity index (χ0v) is 17.0. The maximum Gasteiger partial charge on any atom is 0.138 e. The summed E-state index contributed by atoms with van der Waals surface area (Å²) in [6.45, 7) is 3.92. The van der Waals surface area contributed by atoms with E-state index in [-0.39, 0.29) is 0 Å². The third-order valence-electron chi connectivity index (χ3n) is 5.92. The molecule has 0 aliphatic carbocycles. The second-order valence-corrected chi connectivity index (χ2v) is 7.80. The Morgan fingerprint density at radius 2 is 1.87 bits per heavy atom. The summed E-state index contributed by atoms with van der Waals surface area (Å²) in [4.78, 5) is 11.6. The molecule has 5 heterocycles. The predicted molar refractivity (Wildman–Crippen MR) is 121 cm³/mol. The second kappa shape index (κ2) is 7.52. The fraction of sp³-hybridized carbons (Fsp3) is 0.208. The maximum atomic E-state index is 5.59. The third kappa shape index (κ3) is 3.23. The Balaban J connectivity index is 1.55. The number of rotatable bonds is 4. The van der Waals surface area contributed by atoms with E-state index in [9.17, 15) is 0 Å². The van der Waals surface area contributed by atoms with Crippen molar-refractivity contribution in [3.8, 4) is 11.3 Å². The predicted octanol–water partition coefficient (Wildman–Crippen LogP) is 3.86. The van der Waals surface area contributed by atoms with Crippen molar-refractivity contribution in [3.05, 3.63) is 72.8 Å². The quantitative estimate of drug-likeness (QED) is 0.487. The molecule has 1 aromatic carbocycles. The lowest BCUT2D eigenvalue weighted by Gasteiger charge is -2.29. The minimum atomic E-state index is 0.725. The van der Waals surface area contributed by atoms with Gasteiger partial charge in [-0.05, 0) is 35.9 Å². The van der Waals surface area contributed by atoms with Crippen LogP contribution in [0.5, 0.6) is 0 Å². The monoisotopic (exact) mass is 410 g/mol. The van der Waals surface area contributed by atoms with Gasteiger partial charge < -0.3 is 14.2 Å². The fourth-order valence-electron chi connectivity index (χ4n) is 4.34. The molecule has 1 fully saturated rings. The molecule has 1 aliphatic rings. The van der Waals surface area contributed by atoms with E-state index >= 15 is 0 Å². The van der Waals surface area contributed by atoms with E-state index in [1.54, 1.807) is 0 Å². The summed E-state index contributed by atoms with van der Waals surface area (Å²) in [7, 11) is 0. The van der Waals surface area contributed by atoms with Crippen molar-refractivity contribution < 1.29 is 4.74 Å². The average Bonchev–Trinajstić information content (AvgIpc) is 3.47. The normalized spacial score (nSPS) is 14.5. The van der Waals surface area contributed by atoms with Crippen LogP contribution in [0.15, 0.2) is 67.3 Å². The minimum absolute atomic E-state index is 0.725. The van der Waals surface area contributed by atoms with Crippen LogP contribution in [0.4, 0.5) is 5.82 Å². The fourth-order valence-corrected chi connectivity index (χ4v) is 4.34. The van der Waals surface area contributed by atoms with Gasteiger partial charge in [0.1, 0.15) is 5.82 Å². The summed E-state index contributed by atoms with van der Waals surface area (Å²) >= 11 is 0. The summed E-state index contributed by atoms with van der Waals surface area (Å²) in [6.07, 6.45) is 7.71. The molecule has 1 saturated heterocycles. The molecule has 154 valence electrons. The van der Waals surface area contributed by atoms with E-state index in [0.29, 0.717) is 0 Å². The highest BCUT2D eigenvalue weighted by atomic mass is 16.5. The summed E-state index contributed by atoms with van der Waals surface area (Å²) in [5.41, 5.74) is 5.44. The van der Waals surface area contributed by atoms with Crippen molar-refractivity contribution in [3.63, 3.8) is 0 Å². The summed E-state index contributed by atoms with van der Waals surface area (Å²) in [5, 5.41) is 9.55. The molecule has 7 nitrogen and oxygen atoms in total. The minimum Gasteiger partial charge on any atom is -0.378 e. The largest absolute Gasteiger partial charge is 0.378 e. The Kier molecular flexibility index (Phi) is 4.39. The van der Waals surface area contributed by atoms with E-state index in [4.69, 9.17) is 9.72 Å². The van der Waals surface area contributed by atoms with Crippen LogP contribution in [0.2, 0.25) is 0 Å². The summed E-state index contributed by atoms with van der Waals surface area (Å²) in [6, 6.07) is 14.7. The van der Waals surface area contributed by atoms with Gasteiger partial charge in [-0.15, -0.1) is 0 Å². The molecular weight excluding hydrogens is 388 g/mol. The second-order valence-electron chi connectivity index (χ2n) is 7.80. The Hall–Kier alpha value is -3.71. The van der Waals surface area contributed by atoms with Gasteiger partial charge >= 0.3 is 0 Å². The molecule has 0 radical (unpaired) electrons. The lowest BCUT2D eigenvalue weighted by molar-refractivity contribution is 0.122. The van der Waals surface area contributed by atoms with Gasteiger partial charge in [0.2, 0.25) is 0 Å². The lowest BCUT2D eigenvalue weighted by atomic mass is 10.1. The molecule has 1 N–H and O–H groups in total. The number of hydrogen-bond donors (Lipinski definition) is 1. The molecule has 31 heavy (non-hydrogen) atoms. The number of ether oxygens (including phenoxy) is 1. The van der Waals surface area contributed by atoms with Crippen LogP contribution in [0, 0.1) is 0 Å². The standard InChI is InChI=1S/C24H22N6O/c1-2-18(20-15-26-28-21(20)3-1)22-14-23-19(24(27-22)29-10-12-31-13-11-29)6-9-30(23)16-17-4-7-25-8-5-17/h1-9,14-15H,10-13,16H2,(H,26,28). The van der Waals surface area contributed by atoms with E-state index in [2.05, 4.69) is 61.2 Å². The first kappa shape index (κ1) is 18.1. The van der Waals surface area contributed by atoms with Crippen molar-refractivity contribution in [2.45, 2.75) is 6.54 Å². The number of pyridine rings is 2. The third-order valence-corrected chi connectivity index (χ3v) is 5.92. The molecule has 4 aromatic heterocycles. The number of H-pyrrole nitrogens is 1. The van der Waals surface area contributed by atoms with Crippen molar-refractivity contribution in [1.82, 2.24) is 24.7 Å². The van der Waals surface area contributed by atoms with Crippen LogP contribution < -0.4 is 4.90 Å². The van der Waals surface area contributed by atoms with Gasteiger partial charge in [0.25, 0.3) is 0 Å². The molecular formula is C24H22N6O. The molecule has 0 spiro atoms. The Labute approximate surface area is 179 Å². The van der Waals surface area contributed by atoms with Gasteiger partial charge in [-0.2, -0.15) is 5.10 Å². The van der Waals surface area contributed by atoms with Gasteiger partial charge in [0.15, 0.2) is 0 Å². The first-order valence-corrected chi connectivity index (χ1v) is 10.5. The van der Waals surface area contributed by atoms with Crippen molar-refractivity contribution in [1.29, 1.82) is 0 Å². The summed E-state index contributed by atoms with van der Waals surface area (Å²) < 4.78 is 7.87. The molecule has 5 aromatic rings. The smallest absolute Gasteiger partial charge is 0.138 e. The SMILES string of the molecule is c1cc(-c2cc3c(ccn3Cc3ccncc3)c(N3CCOCC3)n2)c2cn[nH]c2c1. The van der Waals surface area contributed by atoms with E-state index in [0.717, 1.165) is 60.8 Å². The molecule has 1 aliphatic heterocycles. The molecule has 7 heteroatoms. The van der Waals surface area contributed by atoms with Gasteiger partial charge in [-0.3, -0.25) is 10.1 Å². The van der Waals surface area contributed by atoms with Crippen LogP contribution in [0.25, 0.3) is 33.1 Å². The number of nitrogens with zero attached hydrogens (tertiary/aromatic N) is 5. The molecule has 0 saturated carbocycles. The van der Waals surface area contributed by atoms with Gasteiger partial charge in [-0.1, -0.05) is 12.1 Å². The van der Waals surface area contributed by atoms with E-state index in [1.807, 2.05) is 30.7 Å². The highest BCUT2D eigenvalue weighted by molar-refractivity contribution is 5.98. The molecule has 0 bridgehead atoms. The van der Waals surface area contributed by atoms with Gasteiger partial charge in [-0.25, -0.2) is 4.98 Å². The zero-order chi connectivity index (χ0) is 20.6. The molecule has 0 unspecified atom stereocenters. The number of benzene rings is 1. The highest BCUT2D eigenvalue weighted by Gasteiger charge is 2.20. The van der Waals surface area contributed by atoms with Crippen LogP contribution in [-0.2, 0) is 11.3 Å². The topological polar surface area (TPSA) is 71.9 Å². The highest BCUT2D eigenvalue weighted by Crippen LogP contribution is 2.34. The van der Waals surface area contributed by atoms with Crippen molar-refractivity contribution in [2.24, 2.45) is 0 Å². The lowest BCUT2D eigenvalue weighted by Crippen LogP contribution is -2.36.